The van der Waals surface area contributed by atoms with Crippen LogP contribution in [0.2, 0.25) is 0 Å². The smallest absolute Gasteiger partial charge is 0.227 e. The second-order valence-corrected chi connectivity index (χ2v) is 4.38. The molecule has 0 aromatic rings. The SMILES string of the molecule is COC=NC1=NCCN1C1=CCC(C)CC1. The van der Waals surface area contributed by atoms with E-state index >= 15 is 0 Å². The lowest BCUT2D eigenvalue weighted by Gasteiger charge is -2.26. The highest BCUT2D eigenvalue weighted by atomic mass is 16.5. The summed E-state index contributed by atoms with van der Waals surface area (Å²) < 4.78 is 4.84. The van der Waals surface area contributed by atoms with E-state index < -0.39 is 0 Å². The van der Waals surface area contributed by atoms with E-state index in [1.54, 1.807) is 7.11 Å². The molecular formula is C12H19N3O. The highest BCUT2D eigenvalue weighted by Crippen LogP contribution is 2.26. The Morgan fingerprint density at radius 3 is 3.19 bits per heavy atom. The van der Waals surface area contributed by atoms with Crippen LogP contribution in [0.15, 0.2) is 21.8 Å². The van der Waals surface area contributed by atoms with Gasteiger partial charge in [0.2, 0.25) is 5.96 Å². The molecule has 1 aliphatic heterocycles. The quantitative estimate of drug-likeness (QED) is 0.528. The maximum Gasteiger partial charge on any atom is 0.227 e. The molecule has 2 rings (SSSR count). The van der Waals surface area contributed by atoms with Crippen LogP contribution in [0.1, 0.15) is 26.2 Å². The molecule has 0 amide bonds. The average Bonchev–Trinajstić information content (AvgIpc) is 2.75. The summed E-state index contributed by atoms with van der Waals surface area (Å²) in [5.41, 5.74) is 1.38. The third-order valence-electron chi connectivity index (χ3n) is 3.09. The normalized spacial score (nSPS) is 25.9. The highest BCUT2D eigenvalue weighted by Gasteiger charge is 2.22. The van der Waals surface area contributed by atoms with Crippen molar-refractivity contribution >= 4 is 12.4 Å². The van der Waals surface area contributed by atoms with Crippen LogP contribution < -0.4 is 0 Å². The van der Waals surface area contributed by atoms with Gasteiger partial charge in [-0.3, -0.25) is 0 Å². The molecule has 0 saturated heterocycles. The van der Waals surface area contributed by atoms with Crippen LogP contribution in [0, 0.1) is 5.92 Å². The van der Waals surface area contributed by atoms with Gasteiger partial charge in [-0.15, -0.1) is 0 Å². The zero-order valence-electron chi connectivity index (χ0n) is 10.0. The number of guanidine groups is 1. The molecule has 1 heterocycles. The largest absolute Gasteiger partial charge is 0.486 e. The number of hydrogen-bond donors (Lipinski definition) is 0. The second kappa shape index (κ2) is 5.14. The van der Waals surface area contributed by atoms with Crippen LogP contribution in [-0.2, 0) is 4.74 Å². The van der Waals surface area contributed by atoms with Crippen LogP contribution in [0.4, 0.5) is 0 Å². The first-order chi connectivity index (χ1) is 7.81. The van der Waals surface area contributed by atoms with Crippen molar-refractivity contribution in [1.29, 1.82) is 0 Å². The summed E-state index contributed by atoms with van der Waals surface area (Å²) in [4.78, 5) is 10.8. The van der Waals surface area contributed by atoms with Crippen molar-refractivity contribution in [3.05, 3.63) is 11.8 Å². The molecule has 1 aliphatic carbocycles. The first-order valence-corrected chi connectivity index (χ1v) is 5.87. The lowest BCUT2D eigenvalue weighted by molar-refractivity contribution is 0.420. The monoisotopic (exact) mass is 221 g/mol. The Balaban J connectivity index is 2.04. The second-order valence-electron chi connectivity index (χ2n) is 4.38. The van der Waals surface area contributed by atoms with Gasteiger partial charge in [-0.25, -0.2) is 4.99 Å². The molecule has 0 saturated carbocycles. The van der Waals surface area contributed by atoms with Crippen LogP contribution >= 0.6 is 0 Å². The molecule has 2 aliphatic rings. The van der Waals surface area contributed by atoms with Crippen LogP contribution in [0.25, 0.3) is 0 Å². The Bertz CT molecular complexity index is 333. The predicted molar refractivity (Wildman–Crippen MR) is 65.6 cm³/mol. The zero-order chi connectivity index (χ0) is 11.4. The van der Waals surface area contributed by atoms with Crippen molar-refractivity contribution in [2.45, 2.75) is 26.2 Å². The summed E-state index contributed by atoms with van der Waals surface area (Å²) in [7, 11) is 1.60. The number of hydrogen-bond acceptors (Lipinski definition) is 4. The van der Waals surface area contributed by atoms with Crippen molar-refractivity contribution < 1.29 is 4.74 Å². The summed E-state index contributed by atoms with van der Waals surface area (Å²) in [6.07, 6.45) is 7.36. The number of nitrogens with zero attached hydrogens (tertiary/aromatic N) is 3. The molecule has 1 unspecified atom stereocenters. The fourth-order valence-electron chi connectivity index (χ4n) is 2.11. The molecule has 88 valence electrons. The number of ether oxygens (including phenoxy) is 1. The number of rotatable bonds is 2. The molecule has 4 nitrogen and oxygen atoms in total. The fourth-order valence-corrected chi connectivity index (χ4v) is 2.11. The maximum atomic E-state index is 4.84. The third-order valence-corrected chi connectivity index (χ3v) is 3.09. The first kappa shape index (κ1) is 11.2. The molecule has 0 fully saturated rings. The van der Waals surface area contributed by atoms with Crippen LogP contribution in [-0.4, -0.2) is 37.5 Å². The summed E-state index contributed by atoms with van der Waals surface area (Å²) >= 11 is 0. The van der Waals surface area contributed by atoms with Gasteiger partial charge >= 0.3 is 0 Å². The number of aliphatic imine (C=N–C) groups is 2. The van der Waals surface area contributed by atoms with Gasteiger partial charge in [-0.05, 0) is 25.2 Å². The predicted octanol–water partition coefficient (Wildman–Crippen LogP) is 2.04. The molecule has 4 heteroatoms. The Morgan fingerprint density at radius 1 is 1.62 bits per heavy atom. The fraction of sp³-hybridized carbons (Fsp3) is 0.667. The van der Waals surface area contributed by atoms with Crippen LogP contribution in [0.5, 0.6) is 0 Å². The van der Waals surface area contributed by atoms with Crippen molar-refractivity contribution in [2.75, 3.05) is 20.2 Å². The molecule has 1 atom stereocenters. The molecule has 0 aromatic heterocycles. The summed E-state index contributed by atoms with van der Waals surface area (Å²) in [5.74, 6) is 1.61. The summed E-state index contributed by atoms with van der Waals surface area (Å²) in [6, 6.07) is 0. The molecule has 0 N–H and O–H groups in total. The number of allylic oxidation sites excluding steroid dienone is 2. The molecule has 0 radical (unpaired) electrons. The Hall–Kier alpha value is -1.32. The van der Waals surface area contributed by atoms with E-state index in [0.717, 1.165) is 31.4 Å². The molecule has 0 spiro atoms. The number of methoxy groups -OCH3 is 1. The van der Waals surface area contributed by atoms with Crippen molar-refractivity contribution in [3.63, 3.8) is 0 Å². The minimum absolute atomic E-state index is 0.794. The molecule has 16 heavy (non-hydrogen) atoms. The molecule has 0 aromatic carbocycles. The van der Waals surface area contributed by atoms with E-state index in [-0.39, 0.29) is 0 Å². The van der Waals surface area contributed by atoms with Gasteiger partial charge in [-0.2, -0.15) is 4.99 Å². The summed E-state index contributed by atoms with van der Waals surface area (Å²) in [5, 5.41) is 0. The summed E-state index contributed by atoms with van der Waals surface area (Å²) in [6.45, 7) is 4.09. The van der Waals surface area contributed by atoms with E-state index in [0.29, 0.717) is 0 Å². The van der Waals surface area contributed by atoms with Crippen molar-refractivity contribution in [2.24, 2.45) is 15.9 Å². The molecular weight excluding hydrogens is 202 g/mol. The third kappa shape index (κ3) is 2.43. The van der Waals surface area contributed by atoms with Gasteiger partial charge in [0.25, 0.3) is 0 Å². The first-order valence-electron chi connectivity index (χ1n) is 5.87. The van der Waals surface area contributed by atoms with Gasteiger partial charge in [0.1, 0.15) is 0 Å². The van der Waals surface area contributed by atoms with E-state index in [1.165, 1.54) is 24.9 Å². The highest BCUT2D eigenvalue weighted by molar-refractivity contribution is 5.88. The van der Waals surface area contributed by atoms with Gasteiger partial charge < -0.3 is 9.64 Å². The topological polar surface area (TPSA) is 37.2 Å². The van der Waals surface area contributed by atoms with Crippen molar-refractivity contribution in [1.82, 2.24) is 4.90 Å². The van der Waals surface area contributed by atoms with E-state index in [1.807, 2.05) is 0 Å². The lowest BCUT2D eigenvalue weighted by Crippen LogP contribution is -2.27. The van der Waals surface area contributed by atoms with E-state index in [2.05, 4.69) is 27.9 Å². The maximum absolute atomic E-state index is 4.84. The van der Waals surface area contributed by atoms with E-state index in [9.17, 15) is 0 Å². The molecule has 0 bridgehead atoms. The Kier molecular flexibility index (Phi) is 3.59. The zero-order valence-corrected chi connectivity index (χ0v) is 10.0. The van der Waals surface area contributed by atoms with Gasteiger partial charge in [-0.1, -0.05) is 13.0 Å². The van der Waals surface area contributed by atoms with Crippen LogP contribution in [0.3, 0.4) is 0 Å². The van der Waals surface area contributed by atoms with Crippen molar-refractivity contribution in [3.8, 4) is 0 Å². The Labute approximate surface area is 96.7 Å². The van der Waals surface area contributed by atoms with Gasteiger partial charge in [0, 0.05) is 12.2 Å². The average molecular weight is 221 g/mol. The minimum atomic E-state index is 0.794. The van der Waals surface area contributed by atoms with E-state index in [4.69, 9.17) is 4.74 Å². The van der Waals surface area contributed by atoms with Gasteiger partial charge in [0.05, 0.1) is 13.7 Å². The lowest BCUT2D eigenvalue weighted by atomic mass is 9.94. The standard InChI is InChI=1S/C12H19N3O/c1-10-3-5-11(6-4-10)15-8-7-13-12(15)14-9-16-2/h5,9-10H,3-4,6-8H2,1-2H3. The minimum Gasteiger partial charge on any atom is -0.486 e. The van der Waals surface area contributed by atoms with Gasteiger partial charge in [0.15, 0.2) is 6.40 Å². The Morgan fingerprint density at radius 2 is 2.50 bits per heavy atom.